The number of nitrogens with one attached hydrogen (secondary N) is 1. The molecule has 2 aromatic rings. The van der Waals surface area contributed by atoms with Gasteiger partial charge in [0.1, 0.15) is 0 Å². The van der Waals surface area contributed by atoms with Crippen molar-refractivity contribution in [3.05, 3.63) is 58.1 Å². The maximum absolute atomic E-state index is 12.4. The van der Waals surface area contributed by atoms with Gasteiger partial charge in [-0.15, -0.1) is 0 Å². The Kier molecular flexibility index (Phi) is 5.78. The quantitative estimate of drug-likeness (QED) is 0.444. The lowest BCUT2D eigenvalue weighted by molar-refractivity contribution is -0.386. The molecule has 0 aliphatic heterocycles. The van der Waals surface area contributed by atoms with E-state index in [0.29, 0.717) is 0 Å². The highest BCUT2D eigenvalue weighted by atomic mass is 32.2. The molecule has 0 spiro atoms. The summed E-state index contributed by atoms with van der Waals surface area (Å²) in [5.41, 5.74) is -0.000521. The summed E-state index contributed by atoms with van der Waals surface area (Å²) >= 11 is 0. The Morgan fingerprint density at radius 2 is 1.85 bits per heavy atom. The summed E-state index contributed by atoms with van der Waals surface area (Å²) < 4.78 is 36.8. The van der Waals surface area contributed by atoms with Crippen molar-refractivity contribution in [1.29, 1.82) is 0 Å². The lowest BCUT2D eigenvalue weighted by Gasteiger charge is -2.10. The van der Waals surface area contributed by atoms with Crippen molar-refractivity contribution in [3.8, 4) is 5.75 Å². The summed E-state index contributed by atoms with van der Waals surface area (Å²) in [7, 11) is -2.81. The van der Waals surface area contributed by atoms with E-state index in [4.69, 9.17) is 9.47 Å². The van der Waals surface area contributed by atoms with Crippen LogP contribution in [-0.4, -0.2) is 33.0 Å². The van der Waals surface area contributed by atoms with Crippen LogP contribution in [0.5, 0.6) is 5.75 Å². The molecular weight excluding hydrogens is 364 g/mol. The number of nitro groups is 1. The number of hydrogen-bond donors (Lipinski definition) is 1. The second kappa shape index (κ2) is 7.83. The second-order valence-corrected chi connectivity index (χ2v) is 6.68. The van der Waals surface area contributed by atoms with Gasteiger partial charge in [-0.2, -0.15) is 0 Å². The van der Waals surface area contributed by atoms with Crippen LogP contribution >= 0.6 is 0 Å². The highest BCUT2D eigenvalue weighted by Gasteiger charge is 2.22. The second-order valence-electron chi connectivity index (χ2n) is 4.99. The normalized spacial score (nSPS) is 10.8. The van der Waals surface area contributed by atoms with E-state index in [9.17, 15) is 23.3 Å². The summed E-state index contributed by atoms with van der Waals surface area (Å²) in [6.45, 7) is 1.90. The predicted molar refractivity (Wildman–Crippen MR) is 92.9 cm³/mol. The third-order valence-corrected chi connectivity index (χ3v) is 4.68. The number of carbonyl (C=O) groups excluding carboxylic acids is 1. The molecule has 0 amide bonds. The number of methoxy groups -OCH3 is 1. The van der Waals surface area contributed by atoms with E-state index in [-0.39, 0.29) is 28.5 Å². The zero-order valence-corrected chi connectivity index (χ0v) is 14.8. The Morgan fingerprint density at radius 3 is 2.38 bits per heavy atom. The highest BCUT2D eigenvalue weighted by Crippen LogP contribution is 2.30. The molecule has 2 aromatic carbocycles. The Hall–Kier alpha value is -3.14. The van der Waals surface area contributed by atoms with Crippen LogP contribution in [0.15, 0.2) is 47.4 Å². The molecule has 0 aliphatic rings. The van der Waals surface area contributed by atoms with Crippen LogP contribution in [0.2, 0.25) is 0 Å². The van der Waals surface area contributed by atoms with Crippen molar-refractivity contribution < 1.29 is 27.6 Å². The Balaban J connectivity index is 2.27. The van der Waals surface area contributed by atoms with Gasteiger partial charge in [-0.1, -0.05) is 0 Å². The molecule has 0 aromatic heterocycles. The van der Waals surface area contributed by atoms with Crippen molar-refractivity contribution >= 4 is 27.4 Å². The van der Waals surface area contributed by atoms with Crippen LogP contribution in [0.1, 0.15) is 17.3 Å². The standard InChI is InChI=1S/C16H16N2O7S/c1-3-25-16(19)11-4-6-12(7-5-11)17-26(22,23)13-8-9-15(24-2)14(10-13)18(20)21/h4-10,17H,3H2,1-2H3. The Labute approximate surface area is 149 Å². The predicted octanol–water partition coefficient (Wildman–Crippen LogP) is 2.58. The first kappa shape index (κ1) is 19.2. The first-order chi connectivity index (χ1) is 12.3. The summed E-state index contributed by atoms with van der Waals surface area (Å²) in [5.74, 6) is -0.569. The van der Waals surface area contributed by atoms with Crippen LogP contribution in [-0.2, 0) is 14.8 Å². The summed E-state index contributed by atoms with van der Waals surface area (Å²) in [4.78, 5) is 21.6. The average Bonchev–Trinajstić information content (AvgIpc) is 2.61. The van der Waals surface area contributed by atoms with Gasteiger partial charge in [-0.05, 0) is 43.3 Å². The third kappa shape index (κ3) is 4.28. The molecule has 0 bridgehead atoms. The van der Waals surface area contributed by atoms with E-state index < -0.39 is 26.6 Å². The van der Waals surface area contributed by atoms with Crippen molar-refractivity contribution in [3.63, 3.8) is 0 Å². The minimum Gasteiger partial charge on any atom is -0.490 e. The maximum atomic E-state index is 12.4. The molecule has 0 saturated heterocycles. The van der Waals surface area contributed by atoms with E-state index in [1.807, 2.05) is 0 Å². The number of carbonyl (C=O) groups is 1. The molecule has 0 radical (unpaired) electrons. The van der Waals surface area contributed by atoms with E-state index in [1.165, 1.54) is 43.5 Å². The maximum Gasteiger partial charge on any atom is 0.338 e. The van der Waals surface area contributed by atoms with E-state index in [1.54, 1.807) is 6.92 Å². The van der Waals surface area contributed by atoms with Crippen molar-refractivity contribution in [2.24, 2.45) is 0 Å². The van der Waals surface area contributed by atoms with Gasteiger partial charge in [0.15, 0.2) is 5.75 Å². The number of nitrogens with zero attached hydrogens (tertiary/aromatic N) is 1. The SMILES string of the molecule is CCOC(=O)c1ccc(NS(=O)(=O)c2ccc(OC)c([N+](=O)[O-])c2)cc1. The van der Waals surface area contributed by atoms with Gasteiger partial charge < -0.3 is 9.47 Å². The fourth-order valence-corrected chi connectivity index (χ4v) is 3.16. The molecule has 0 aliphatic carbocycles. The zero-order chi connectivity index (χ0) is 19.3. The van der Waals surface area contributed by atoms with E-state index in [0.717, 1.165) is 6.07 Å². The molecule has 0 unspecified atom stereocenters. The molecule has 0 atom stereocenters. The highest BCUT2D eigenvalue weighted by molar-refractivity contribution is 7.92. The summed E-state index contributed by atoms with van der Waals surface area (Å²) in [5, 5.41) is 11.0. The van der Waals surface area contributed by atoms with Gasteiger partial charge in [-0.3, -0.25) is 14.8 Å². The molecule has 9 nitrogen and oxygen atoms in total. The monoisotopic (exact) mass is 380 g/mol. The molecule has 0 fully saturated rings. The van der Waals surface area contributed by atoms with Crippen LogP contribution < -0.4 is 9.46 Å². The van der Waals surface area contributed by atoms with Gasteiger partial charge in [0, 0.05) is 11.8 Å². The number of sulfonamides is 1. The average molecular weight is 380 g/mol. The van der Waals surface area contributed by atoms with Gasteiger partial charge in [-0.25, -0.2) is 13.2 Å². The summed E-state index contributed by atoms with van der Waals surface area (Å²) in [6.07, 6.45) is 0. The lowest BCUT2D eigenvalue weighted by atomic mass is 10.2. The van der Waals surface area contributed by atoms with Gasteiger partial charge in [0.05, 0.1) is 29.1 Å². The fraction of sp³-hybridized carbons (Fsp3) is 0.188. The largest absolute Gasteiger partial charge is 0.490 e. The van der Waals surface area contributed by atoms with Crippen LogP contribution in [0, 0.1) is 10.1 Å². The number of hydrogen-bond acceptors (Lipinski definition) is 7. The van der Waals surface area contributed by atoms with Crippen LogP contribution in [0.3, 0.4) is 0 Å². The first-order valence-corrected chi connectivity index (χ1v) is 8.89. The fourth-order valence-electron chi connectivity index (χ4n) is 2.08. The Bertz CT molecular complexity index is 924. The topological polar surface area (TPSA) is 125 Å². The summed E-state index contributed by atoms with van der Waals surface area (Å²) in [6, 6.07) is 8.91. The van der Waals surface area contributed by atoms with Crippen LogP contribution in [0.25, 0.3) is 0 Å². The number of benzene rings is 2. The molecule has 2 rings (SSSR count). The van der Waals surface area contributed by atoms with Crippen molar-refractivity contribution in [2.75, 3.05) is 18.4 Å². The number of rotatable bonds is 7. The Morgan fingerprint density at radius 1 is 1.19 bits per heavy atom. The minimum absolute atomic E-state index is 0.0484. The molecule has 0 heterocycles. The van der Waals surface area contributed by atoms with Gasteiger partial charge in [0.2, 0.25) is 0 Å². The van der Waals surface area contributed by atoms with Gasteiger partial charge >= 0.3 is 11.7 Å². The molecule has 138 valence electrons. The number of esters is 1. The molecule has 0 saturated carbocycles. The third-order valence-electron chi connectivity index (χ3n) is 3.31. The van der Waals surface area contributed by atoms with Crippen molar-refractivity contribution in [1.82, 2.24) is 0 Å². The zero-order valence-electron chi connectivity index (χ0n) is 14.0. The molecule has 26 heavy (non-hydrogen) atoms. The first-order valence-electron chi connectivity index (χ1n) is 7.41. The number of ether oxygens (including phenoxy) is 2. The lowest BCUT2D eigenvalue weighted by Crippen LogP contribution is -2.13. The number of nitro benzene ring substituents is 1. The van der Waals surface area contributed by atoms with E-state index >= 15 is 0 Å². The smallest absolute Gasteiger partial charge is 0.338 e. The molecule has 1 N–H and O–H groups in total. The van der Waals surface area contributed by atoms with Crippen molar-refractivity contribution in [2.45, 2.75) is 11.8 Å². The minimum atomic E-state index is -4.06. The molecular formula is C16H16N2O7S. The van der Waals surface area contributed by atoms with Gasteiger partial charge in [0.25, 0.3) is 10.0 Å². The number of anilines is 1. The molecule has 10 heteroatoms. The van der Waals surface area contributed by atoms with E-state index in [2.05, 4.69) is 4.72 Å². The van der Waals surface area contributed by atoms with Crippen LogP contribution in [0.4, 0.5) is 11.4 Å².